The molecule has 0 atom stereocenters. The predicted octanol–water partition coefficient (Wildman–Crippen LogP) is 1.52. The Morgan fingerprint density at radius 1 is 1.12 bits per heavy atom. The van der Waals surface area contributed by atoms with Crippen LogP contribution >= 0.6 is 0 Å². The van der Waals surface area contributed by atoms with E-state index in [-0.39, 0.29) is 24.3 Å². The number of fused-ring (bicyclic) bond motifs is 1. The maximum Gasteiger partial charge on any atom is 0.261 e. The van der Waals surface area contributed by atoms with Crippen LogP contribution in [0, 0.1) is 5.92 Å². The largest absolute Gasteiger partial charge is 0.356 e. The lowest BCUT2D eigenvalue weighted by molar-refractivity contribution is -0.121. The van der Waals surface area contributed by atoms with Gasteiger partial charge in [-0.3, -0.25) is 19.3 Å². The first-order chi connectivity index (χ1) is 12.1. The van der Waals surface area contributed by atoms with Crippen molar-refractivity contribution in [2.75, 3.05) is 33.2 Å². The average molecular weight is 343 g/mol. The topological polar surface area (TPSA) is 69.7 Å². The highest BCUT2D eigenvalue weighted by molar-refractivity contribution is 6.21. The number of nitrogens with zero attached hydrogens (tertiary/aromatic N) is 2. The number of rotatable bonds is 6. The maximum atomic E-state index is 12.2. The predicted molar refractivity (Wildman–Crippen MR) is 94.3 cm³/mol. The molecule has 1 fully saturated rings. The summed E-state index contributed by atoms with van der Waals surface area (Å²) >= 11 is 0. The number of carbonyl (C=O) groups excluding carboxylic acids is 3. The van der Waals surface area contributed by atoms with E-state index in [1.807, 2.05) is 0 Å². The molecule has 2 heterocycles. The molecule has 6 heteroatoms. The summed E-state index contributed by atoms with van der Waals surface area (Å²) in [5.74, 6) is 0.0339. The van der Waals surface area contributed by atoms with Crippen molar-refractivity contribution < 1.29 is 14.4 Å². The summed E-state index contributed by atoms with van der Waals surface area (Å²) in [7, 11) is 2.12. The number of benzene rings is 1. The van der Waals surface area contributed by atoms with E-state index in [9.17, 15) is 14.4 Å². The van der Waals surface area contributed by atoms with Crippen molar-refractivity contribution in [3.63, 3.8) is 0 Å². The zero-order chi connectivity index (χ0) is 17.8. The summed E-state index contributed by atoms with van der Waals surface area (Å²) < 4.78 is 0. The minimum Gasteiger partial charge on any atom is -0.356 e. The molecular formula is C19H25N3O3. The van der Waals surface area contributed by atoms with E-state index in [1.54, 1.807) is 24.3 Å². The molecule has 0 saturated carbocycles. The van der Waals surface area contributed by atoms with Crippen molar-refractivity contribution >= 4 is 17.7 Å². The molecule has 1 saturated heterocycles. The minimum absolute atomic E-state index is 0.00413. The maximum absolute atomic E-state index is 12.2. The van der Waals surface area contributed by atoms with Gasteiger partial charge in [0.05, 0.1) is 11.1 Å². The van der Waals surface area contributed by atoms with Gasteiger partial charge in [0, 0.05) is 19.5 Å². The lowest BCUT2D eigenvalue weighted by atomic mass is 9.97. The van der Waals surface area contributed by atoms with Gasteiger partial charge in [0.15, 0.2) is 0 Å². The van der Waals surface area contributed by atoms with Gasteiger partial charge in [-0.2, -0.15) is 0 Å². The number of piperidine rings is 1. The summed E-state index contributed by atoms with van der Waals surface area (Å²) in [4.78, 5) is 40.0. The number of hydrogen-bond donors (Lipinski definition) is 1. The van der Waals surface area contributed by atoms with Gasteiger partial charge >= 0.3 is 0 Å². The smallest absolute Gasteiger partial charge is 0.261 e. The van der Waals surface area contributed by atoms with Crippen molar-refractivity contribution in [3.05, 3.63) is 35.4 Å². The molecule has 3 rings (SSSR count). The third-order valence-corrected chi connectivity index (χ3v) is 5.09. The Bertz CT molecular complexity index is 631. The fraction of sp³-hybridized carbons (Fsp3) is 0.526. The van der Waals surface area contributed by atoms with Gasteiger partial charge in [-0.05, 0) is 57.5 Å². The van der Waals surface area contributed by atoms with Crippen LogP contribution in [0.15, 0.2) is 24.3 Å². The molecular weight excluding hydrogens is 318 g/mol. The molecule has 0 spiro atoms. The molecule has 3 amide bonds. The second kappa shape index (κ2) is 7.78. The fourth-order valence-electron chi connectivity index (χ4n) is 3.45. The van der Waals surface area contributed by atoms with Gasteiger partial charge in [-0.15, -0.1) is 0 Å². The van der Waals surface area contributed by atoms with Gasteiger partial charge in [-0.25, -0.2) is 0 Å². The summed E-state index contributed by atoms with van der Waals surface area (Å²) in [5.41, 5.74) is 0.915. The van der Waals surface area contributed by atoms with Crippen LogP contribution in [0.3, 0.4) is 0 Å². The van der Waals surface area contributed by atoms with E-state index in [1.165, 1.54) is 4.90 Å². The van der Waals surface area contributed by atoms with E-state index in [2.05, 4.69) is 17.3 Å². The van der Waals surface area contributed by atoms with Gasteiger partial charge < -0.3 is 10.2 Å². The second-order valence-electron chi connectivity index (χ2n) is 6.96. The molecule has 2 aliphatic rings. The summed E-state index contributed by atoms with van der Waals surface area (Å²) in [6, 6.07) is 6.85. The lowest BCUT2D eigenvalue weighted by Gasteiger charge is -2.28. The molecule has 25 heavy (non-hydrogen) atoms. The third kappa shape index (κ3) is 4.07. The van der Waals surface area contributed by atoms with Crippen molar-refractivity contribution in [1.29, 1.82) is 0 Å². The standard InChI is InChI=1S/C19H25N3O3/c1-21-11-8-14(9-12-21)13-20-17(23)7-4-10-22-18(24)15-5-2-3-6-16(15)19(22)25/h2-3,5-6,14H,4,7-13H2,1H3,(H,20,23). The first kappa shape index (κ1) is 17.6. The molecule has 134 valence electrons. The van der Waals surface area contributed by atoms with Crippen LogP contribution in [-0.2, 0) is 4.79 Å². The first-order valence-corrected chi connectivity index (χ1v) is 8.96. The van der Waals surface area contributed by atoms with Crippen LogP contribution in [0.5, 0.6) is 0 Å². The highest BCUT2D eigenvalue weighted by Crippen LogP contribution is 2.22. The van der Waals surface area contributed by atoms with E-state index in [4.69, 9.17) is 0 Å². The Hall–Kier alpha value is -2.21. The van der Waals surface area contributed by atoms with Crippen molar-refractivity contribution in [1.82, 2.24) is 15.1 Å². The second-order valence-corrected chi connectivity index (χ2v) is 6.96. The number of hydrogen-bond acceptors (Lipinski definition) is 4. The van der Waals surface area contributed by atoms with Gasteiger partial charge in [0.2, 0.25) is 5.91 Å². The molecule has 6 nitrogen and oxygen atoms in total. The highest BCUT2D eigenvalue weighted by Gasteiger charge is 2.34. The van der Waals surface area contributed by atoms with E-state index < -0.39 is 0 Å². The number of likely N-dealkylation sites (tertiary alicyclic amines) is 1. The van der Waals surface area contributed by atoms with Crippen LogP contribution in [0.4, 0.5) is 0 Å². The monoisotopic (exact) mass is 343 g/mol. The minimum atomic E-state index is -0.257. The quantitative estimate of drug-likeness (QED) is 0.795. The van der Waals surface area contributed by atoms with Gasteiger partial charge in [-0.1, -0.05) is 12.1 Å². The SMILES string of the molecule is CN1CCC(CNC(=O)CCCN2C(=O)c3ccccc3C2=O)CC1. The zero-order valence-corrected chi connectivity index (χ0v) is 14.7. The first-order valence-electron chi connectivity index (χ1n) is 8.96. The van der Waals surface area contributed by atoms with Crippen LogP contribution in [0.2, 0.25) is 0 Å². The van der Waals surface area contributed by atoms with Gasteiger partial charge in [0.1, 0.15) is 0 Å². The molecule has 0 radical (unpaired) electrons. The summed E-state index contributed by atoms with van der Waals surface area (Å²) in [5, 5.41) is 2.99. The number of amides is 3. The van der Waals surface area contributed by atoms with Crippen LogP contribution < -0.4 is 5.32 Å². The van der Waals surface area contributed by atoms with E-state index >= 15 is 0 Å². The Morgan fingerprint density at radius 3 is 2.32 bits per heavy atom. The van der Waals surface area contributed by atoms with Crippen LogP contribution in [0.25, 0.3) is 0 Å². The molecule has 0 aromatic heterocycles. The number of nitrogens with one attached hydrogen (secondary N) is 1. The molecule has 0 aliphatic carbocycles. The molecule has 0 unspecified atom stereocenters. The molecule has 1 aromatic carbocycles. The molecule has 0 bridgehead atoms. The van der Waals surface area contributed by atoms with Crippen LogP contribution in [-0.4, -0.2) is 60.7 Å². The Labute approximate surface area is 148 Å². The lowest BCUT2D eigenvalue weighted by Crippen LogP contribution is -2.37. The van der Waals surface area contributed by atoms with Crippen molar-refractivity contribution in [2.45, 2.75) is 25.7 Å². The van der Waals surface area contributed by atoms with E-state index in [0.717, 1.165) is 32.5 Å². The number of imide groups is 1. The van der Waals surface area contributed by atoms with Crippen LogP contribution in [0.1, 0.15) is 46.4 Å². The summed E-state index contributed by atoms with van der Waals surface area (Å²) in [6.45, 7) is 3.17. The third-order valence-electron chi connectivity index (χ3n) is 5.09. The molecule has 2 aliphatic heterocycles. The average Bonchev–Trinajstić information content (AvgIpc) is 2.86. The molecule has 1 aromatic rings. The van der Waals surface area contributed by atoms with Gasteiger partial charge in [0.25, 0.3) is 11.8 Å². The summed E-state index contributed by atoms with van der Waals surface area (Å²) in [6.07, 6.45) is 3.06. The van der Waals surface area contributed by atoms with Crippen molar-refractivity contribution in [3.8, 4) is 0 Å². The van der Waals surface area contributed by atoms with E-state index in [0.29, 0.717) is 29.9 Å². The molecule has 1 N–H and O–H groups in total. The fourth-order valence-corrected chi connectivity index (χ4v) is 3.45. The Morgan fingerprint density at radius 2 is 1.72 bits per heavy atom. The highest BCUT2D eigenvalue weighted by atomic mass is 16.2. The van der Waals surface area contributed by atoms with Crippen molar-refractivity contribution in [2.24, 2.45) is 5.92 Å². The Kier molecular flexibility index (Phi) is 5.48. The normalized spacial score (nSPS) is 18.5. The zero-order valence-electron chi connectivity index (χ0n) is 14.7. The Balaban J connectivity index is 1.39. The number of carbonyl (C=O) groups is 3.